The largest absolute Gasteiger partial charge is 0.485 e. The van der Waals surface area contributed by atoms with Gasteiger partial charge in [0.05, 0.1) is 5.69 Å². The number of para-hydroxylation sites is 1. The van der Waals surface area contributed by atoms with E-state index in [2.05, 4.69) is 9.97 Å². The molecule has 0 aliphatic rings. The highest BCUT2D eigenvalue weighted by Gasteiger charge is 2.05. The predicted octanol–water partition coefficient (Wildman–Crippen LogP) is 3.10. The molecule has 100 valence electrons. The maximum Gasteiger partial charge on any atom is 0.146 e. The molecular weight excluding hydrogens is 250 g/mol. The van der Waals surface area contributed by atoms with E-state index in [1.807, 2.05) is 49.4 Å². The Morgan fingerprint density at radius 2 is 1.85 bits per heavy atom. The molecule has 3 aromatic rings. The Hall–Kier alpha value is -2.62. The summed E-state index contributed by atoms with van der Waals surface area (Å²) in [7, 11) is 0. The molecule has 0 aliphatic carbocycles. The Balaban J connectivity index is 1.89. The first-order valence-corrected chi connectivity index (χ1v) is 6.43. The van der Waals surface area contributed by atoms with Crippen LogP contribution < -0.4 is 10.5 Å². The van der Waals surface area contributed by atoms with E-state index in [-0.39, 0.29) is 0 Å². The van der Waals surface area contributed by atoms with Crippen molar-refractivity contribution in [2.75, 3.05) is 5.73 Å². The molecule has 1 aromatic carbocycles. The lowest BCUT2D eigenvalue weighted by Gasteiger charge is -2.09. The molecule has 4 nitrogen and oxygen atoms in total. The minimum atomic E-state index is 0.375. The van der Waals surface area contributed by atoms with Crippen LogP contribution in [-0.2, 0) is 6.61 Å². The zero-order valence-corrected chi connectivity index (χ0v) is 11.2. The van der Waals surface area contributed by atoms with Crippen LogP contribution in [0.3, 0.4) is 0 Å². The summed E-state index contributed by atoms with van der Waals surface area (Å²) in [4.78, 5) is 8.75. The van der Waals surface area contributed by atoms with Crippen LogP contribution in [0, 0.1) is 6.92 Å². The van der Waals surface area contributed by atoms with Gasteiger partial charge in [0.15, 0.2) is 0 Å². The molecule has 2 N–H and O–H groups in total. The fourth-order valence-electron chi connectivity index (χ4n) is 2.06. The van der Waals surface area contributed by atoms with E-state index in [1.165, 1.54) is 0 Å². The van der Waals surface area contributed by atoms with Gasteiger partial charge < -0.3 is 10.5 Å². The molecule has 20 heavy (non-hydrogen) atoms. The number of benzene rings is 1. The van der Waals surface area contributed by atoms with E-state index in [1.54, 1.807) is 6.07 Å². The van der Waals surface area contributed by atoms with Gasteiger partial charge >= 0.3 is 0 Å². The van der Waals surface area contributed by atoms with Crippen molar-refractivity contribution in [2.45, 2.75) is 13.5 Å². The number of hydrogen-bond acceptors (Lipinski definition) is 4. The van der Waals surface area contributed by atoms with Crippen LogP contribution >= 0.6 is 0 Å². The van der Waals surface area contributed by atoms with Crippen molar-refractivity contribution in [3.05, 3.63) is 59.9 Å². The number of fused-ring (bicyclic) bond motifs is 1. The molecule has 0 spiro atoms. The summed E-state index contributed by atoms with van der Waals surface area (Å²) >= 11 is 0. The number of nitrogens with zero attached hydrogens (tertiary/aromatic N) is 2. The van der Waals surface area contributed by atoms with E-state index >= 15 is 0 Å². The van der Waals surface area contributed by atoms with Crippen LogP contribution in [-0.4, -0.2) is 9.97 Å². The first kappa shape index (κ1) is 12.4. The molecule has 0 radical (unpaired) electrons. The Labute approximate surface area is 117 Å². The molecule has 0 atom stereocenters. The lowest BCUT2D eigenvalue weighted by Crippen LogP contribution is -2.01. The number of pyridine rings is 2. The van der Waals surface area contributed by atoms with E-state index in [0.717, 1.165) is 28.0 Å². The van der Waals surface area contributed by atoms with Gasteiger partial charge in [-0.3, -0.25) is 0 Å². The van der Waals surface area contributed by atoms with E-state index < -0.39 is 0 Å². The highest BCUT2D eigenvalue weighted by Crippen LogP contribution is 2.24. The van der Waals surface area contributed by atoms with Gasteiger partial charge in [-0.05, 0) is 31.2 Å². The van der Waals surface area contributed by atoms with Crippen LogP contribution in [0.5, 0.6) is 5.75 Å². The van der Waals surface area contributed by atoms with Crippen molar-refractivity contribution in [2.24, 2.45) is 0 Å². The second-order valence-electron chi connectivity index (χ2n) is 4.62. The topological polar surface area (TPSA) is 61.0 Å². The van der Waals surface area contributed by atoms with Crippen LogP contribution in [0.25, 0.3) is 10.9 Å². The Morgan fingerprint density at radius 3 is 2.70 bits per heavy atom. The zero-order valence-electron chi connectivity index (χ0n) is 11.2. The summed E-state index contributed by atoms with van der Waals surface area (Å²) in [5.41, 5.74) is 8.30. The Bertz CT molecular complexity index is 756. The second-order valence-corrected chi connectivity index (χ2v) is 4.62. The average molecular weight is 265 g/mol. The molecule has 0 aliphatic heterocycles. The number of nitrogen functional groups attached to an aromatic ring is 1. The quantitative estimate of drug-likeness (QED) is 0.790. The van der Waals surface area contributed by atoms with Crippen molar-refractivity contribution in [1.29, 1.82) is 0 Å². The summed E-state index contributed by atoms with van der Waals surface area (Å²) in [6.07, 6.45) is 0. The number of aryl methyl sites for hydroxylation is 1. The molecule has 3 rings (SSSR count). The summed E-state index contributed by atoms with van der Waals surface area (Å²) < 4.78 is 5.83. The maximum absolute atomic E-state index is 5.83. The monoisotopic (exact) mass is 265 g/mol. The number of hydrogen-bond donors (Lipinski definition) is 1. The molecule has 0 fully saturated rings. The number of nitrogens with two attached hydrogens (primary N) is 1. The summed E-state index contributed by atoms with van der Waals surface area (Å²) in [6.45, 7) is 2.34. The smallest absolute Gasteiger partial charge is 0.146 e. The molecule has 2 heterocycles. The van der Waals surface area contributed by atoms with Crippen molar-refractivity contribution in [1.82, 2.24) is 9.97 Å². The van der Waals surface area contributed by atoms with Crippen molar-refractivity contribution < 1.29 is 4.74 Å². The lowest BCUT2D eigenvalue weighted by molar-refractivity contribution is 0.304. The maximum atomic E-state index is 5.83. The van der Waals surface area contributed by atoms with Gasteiger partial charge in [-0.15, -0.1) is 0 Å². The minimum absolute atomic E-state index is 0.375. The SMILES string of the molecule is Cc1ccc2cccc(OCc3cccc(N)n3)c2n1. The van der Waals surface area contributed by atoms with Crippen LogP contribution in [0.4, 0.5) is 5.82 Å². The van der Waals surface area contributed by atoms with Crippen molar-refractivity contribution in [3.8, 4) is 5.75 Å². The molecule has 0 unspecified atom stereocenters. The number of aromatic nitrogens is 2. The van der Waals surface area contributed by atoms with E-state index in [4.69, 9.17) is 10.5 Å². The van der Waals surface area contributed by atoms with E-state index in [0.29, 0.717) is 12.4 Å². The van der Waals surface area contributed by atoms with Gasteiger partial charge in [0.25, 0.3) is 0 Å². The molecule has 0 saturated heterocycles. The number of anilines is 1. The predicted molar refractivity (Wildman–Crippen MR) is 79.5 cm³/mol. The van der Waals surface area contributed by atoms with Gasteiger partial charge in [-0.2, -0.15) is 0 Å². The zero-order chi connectivity index (χ0) is 13.9. The fourth-order valence-corrected chi connectivity index (χ4v) is 2.06. The Morgan fingerprint density at radius 1 is 1.00 bits per heavy atom. The second kappa shape index (κ2) is 5.17. The first-order valence-electron chi connectivity index (χ1n) is 6.43. The first-order chi connectivity index (χ1) is 9.72. The number of rotatable bonds is 3. The van der Waals surface area contributed by atoms with Gasteiger partial charge in [0, 0.05) is 11.1 Å². The fraction of sp³-hybridized carbons (Fsp3) is 0.125. The molecule has 4 heteroatoms. The molecule has 0 saturated carbocycles. The third-order valence-corrected chi connectivity index (χ3v) is 3.03. The van der Waals surface area contributed by atoms with Crippen LogP contribution in [0.15, 0.2) is 48.5 Å². The number of ether oxygens (including phenoxy) is 1. The molecule has 2 aromatic heterocycles. The van der Waals surface area contributed by atoms with Gasteiger partial charge in [-0.1, -0.05) is 24.3 Å². The summed E-state index contributed by atoms with van der Waals surface area (Å²) in [5.74, 6) is 1.26. The highest BCUT2D eigenvalue weighted by atomic mass is 16.5. The van der Waals surface area contributed by atoms with Gasteiger partial charge in [0.1, 0.15) is 23.7 Å². The average Bonchev–Trinajstić information content (AvgIpc) is 2.45. The summed E-state index contributed by atoms with van der Waals surface area (Å²) in [5, 5.41) is 1.06. The normalized spacial score (nSPS) is 10.7. The summed E-state index contributed by atoms with van der Waals surface area (Å²) in [6, 6.07) is 15.4. The van der Waals surface area contributed by atoms with Crippen LogP contribution in [0.2, 0.25) is 0 Å². The molecule has 0 bridgehead atoms. The lowest BCUT2D eigenvalue weighted by atomic mass is 10.2. The van der Waals surface area contributed by atoms with Gasteiger partial charge in [-0.25, -0.2) is 9.97 Å². The minimum Gasteiger partial charge on any atom is -0.485 e. The highest BCUT2D eigenvalue weighted by molar-refractivity contribution is 5.84. The molecular formula is C16H15N3O. The third-order valence-electron chi connectivity index (χ3n) is 3.03. The Kier molecular flexibility index (Phi) is 3.21. The van der Waals surface area contributed by atoms with Crippen molar-refractivity contribution >= 4 is 16.7 Å². The van der Waals surface area contributed by atoms with Crippen molar-refractivity contribution in [3.63, 3.8) is 0 Å². The standard InChI is InChI=1S/C16H15N3O/c1-11-8-9-12-4-2-6-14(16(12)18-11)20-10-13-5-3-7-15(17)19-13/h2-9H,10H2,1H3,(H2,17,19). The van der Waals surface area contributed by atoms with E-state index in [9.17, 15) is 0 Å². The third kappa shape index (κ3) is 2.54. The van der Waals surface area contributed by atoms with Crippen LogP contribution in [0.1, 0.15) is 11.4 Å². The van der Waals surface area contributed by atoms with Gasteiger partial charge in [0.2, 0.25) is 0 Å². The molecule has 0 amide bonds.